The zero-order valence-electron chi connectivity index (χ0n) is 14.9. The quantitative estimate of drug-likeness (QED) is 0.715. The summed E-state index contributed by atoms with van der Waals surface area (Å²) in [5.74, 6) is 1.56. The molecule has 1 fully saturated rings. The first-order valence-corrected chi connectivity index (χ1v) is 8.58. The van der Waals surface area contributed by atoms with Crippen molar-refractivity contribution in [3.8, 4) is 0 Å². The normalized spacial score (nSPS) is 25.3. The molecule has 0 aliphatic heterocycles. The van der Waals surface area contributed by atoms with E-state index in [9.17, 15) is 4.79 Å². The van der Waals surface area contributed by atoms with Gasteiger partial charge in [-0.3, -0.25) is 0 Å². The second-order valence-electron chi connectivity index (χ2n) is 7.54. The third-order valence-electron chi connectivity index (χ3n) is 5.10. The summed E-state index contributed by atoms with van der Waals surface area (Å²) in [7, 11) is 0. The predicted octanol–water partition coefficient (Wildman–Crippen LogP) is 5.23. The molecule has 0 bridgehead atoms. The topological polar surface area (TPSA) is 26.3 Å². The summed E-state index contributed by atoms with van der Waals surface area (Å²) in [4.78, 5) is 12.7. The summed E-state index contributed by atoms with van der Waals surface area (Å²) in [5, 5.41) is 0. The van der Waals surface area contributed by atoms with Crippen LogP contribution in [0.3, 0.4) is 0 Å². The lowest BCUT2D eigenvalue weighted by Gasteiger charge is -2.36. The number of hydrogen-bond acceptors (Lipinski definition) is 2. The molecule has 1 aliphatic carbocycles. The van der Waals surface area contributed by atoms with Crippen LogP contribution in [0.15, 0.2) is 12.1 Å². The molecule has 0 saturated heterocycles. The third kappa shape index (κ3) is 3.71. The summed E-state index contributed by atoms with van der Waals surface area (Å²) < 4.78 is 5.98. The second kappa shape index (κ2) is 6.85. The number of ether oxygens (including phenoxy) is 1. The van der Waals surface area contributed by atoms with E-state index < -0.39 is 0 Å². The monoisotopic (exact) mass is 302 g/mol. The molecule has 22 heavy (non-hydrogen) atoms. The molecule has 1 aromatic rings. The highest BCUT2D eigenvalue weighted by Crippen LogP contribution is 2.36. The summed E-state index contributed by atoms with van der Waals surface area (Å²) >= 11 is 0. The van der Waals surface area contributed by atoms with E-state index in [1.54, 1.807) is 0 Å². The summed E-state index contributed by atoms with van der Waals surface area (Å²) in [5.41, 5.74) is 3.99. The Morgan fingerprint density at radius 1 is 1.14 bits per heavy atom. The second-order valence-corrected chi connectivity index (χ2v) is 7.54. The van der Waals surface area contributed by atoms with E-state index in [1.807, 2.05) is 13.8 Å². The molecule has 1 saturated carbocycles. The minimum atomic E-state index is -0.139. The fraction of sp³-hybridized carbons (Fsp3) is 0.650. The van der Waals surface area contributed by atoms with Crippen molar-refractivity contribution in [3.63, 3.8) is 0 Å². The van der Waals surface area contributed by atoms with Gasteiger partial charge in [-0.2, -0.15) is 0 Å². The van der Waals surface area contributed by atoms with Gasteiger partial charge in [0.05, 0.1) is 5.56 Å². The number of aryl methyl sites for hydroxylation is 3. The molecule has 0 aromatic heterocycles. The van der Waals surface area contributed by atoms with E-state index in [0.29, 0.717) is 17.8 Å². The summed E-state index contributed by atoms with van der Waals surface area (Å²) in [6.07, 6.45) is 3.48. The molecule has 2 nitrogen and oxygen atoms in total. The minimum absolute atomic E-state index is 0.0661. The molecule has 0 spiro atoms. The van der Waals surface area contributed by atoms with Crippen LogP contribution >= 0.6 is 0 Å². The fourth-order valence-electron chi connectivity index (χ4n) is 3.95. The smallest absolute Gasteiger partial charge is 0.338 e. The van der Waals surface area contributed by atoms with Crippen LogP contribution in [0.1, 0.15) is 67.1 Å². The van der Waals surface area contributed by atoms with Crippen LogP contribution < -0.4 is 0 Å². The molecule has 0 radical (unpaired) electrons. The zero-order valence-corrected chi connectivity index (χ0v) is 14.9. The molecule has 1 aromatic carbocycles. The van der Waals surface area contributed by atoms with Crippen molar-refractivity contribution in [2.24, 2.45) is 17.8 Å². The van der Waals surface area contributed by atoms with Gasteiger partial charge in [0.25, 0.3) is 0 Å². The van der Waals surface area contributed by atoms with Gasteiger partial charge in [-0.1, -0.05) is 44.9 Å². The van der Waals surface area contributed by atoms with E-state index >= 15 is 0 Å². The third-order valence-corrected chi connectivity index (χ3v) is 5.10. The average molecular weight is 302 g/mol. The van der Waals surface area contributed by atoms with Crippen molar-refractivity contribution >= 4 is 5.97 Å². The number of benzene rings is 1. The Kier molecular flexibility index (Phi) is 5.31. The van der Waals surface area contributed by atoms with E-state index in [-0.39, 0.29) is 12.1 Å². The lowest BCUT2D eigenvalue weighted by molar-refractivity contribution is -0.0175. The van der Waals surface area contributed by atoms with Gasteiger partial charge in [-0.15, -0.1) is 0 Å². The Morgan fingerprint density at radius 2 is 1.73 bits per heavy atom. The minimum Gasteiger partial charge on any atom is -0.458 e. The Labute approximate surface area is 135 Å². The zero-order chi connectivity index (χ0) is 16.4. The van der Waals surface area contributed by atoms with E-state index in [2.05, 4.69) is 39.8 Å². The van der Waals surface area contributed by atoms with E-state index in [4.69, 9.17) is 4.74 Å². The van der Waals surface area contributed by atoms with Crippen molar-refractivity contribution in [2.75, 3.05) is 0 Å². The fourth-order valence-corrected chi connectivity index (χ4v) is 3.95. The van der Waals surface area contributed by atoms with Gasteiger partial charge in [0.15, 0.2) is 0 Å². The maximum absolute atomic E-state index is 12.7. The van der Waals surface area contributed by atoms with Crippen molar-refractivity contribution in [3.05, 3.63) is 34.4 Å². The van der Waals surface area contributed by atoms with Crippen molar-refractivity contribution < 1.29 is 9.53 Å². The maximum Gasteiger partial charge on any atom is 0.338 e. The van der Waals surface area contributed by atoms with Gasteiger partial charge < -0.3 is 4.74 Å². The summed E-state index contributed by atoms with van der Waals surface area (Å²) in [6, 6.07) is 4.13. The molecule has 1 aliphatic rings. The lowest BCUT2D eigenvalue weighted by atomic mass is 9.75. The molecule has 0 unspecified atom stereocenters. The molecule has 122 valence electrons. The number of hydrogen-bond donors (Lipinski definition) is 0. The average Bonchev–Trinajstić information content (AvgIpc) is 2.36. The van der Waals surface area contributed by atoms with Gasteiger partial charge in [0, 0.05) is 0 Å². The van der Waals surface area contributed by atoms with Gasteiger partial charge >= 0.3 is 5.97 Å². The highest BCUT2D eigenvalue weighted by atomic mass is 16.5. The first-order chi connectivity index (χ1) is 10.3. The molecule has 0 heterocycles. The van der Waals surface area contributed by atoms with Crippen LogP contribution in [0.25, 0.3) is 0 Å². The Morgan fingerprint density at radius 3 is 2.27 bits per heavy atom. The Balaban J connectivity index is 2.20. The first-order valence-electron chi connectivity index (χ1n) is 8.58. The molecule has 3 atom stereocenters. The molecule has 0 amide bonds. The first kappa shape index (κ1) is 17.1. The van der Waals surface area contributed by atoms with Gasteiger partial charge in [-0.05, 0) is 62.5 Å². The molecule has 2 rings (SSSR count). The molecule has 0 N–H and O–H groups in total. The van der Waals surface area contributed by atoms with Crippen molar-refractivity contribution in [1.82, 2.24) is 0 Å². The highest BCUT2D eigenvalue weighted by molar-refractivity contribution is 5.92. The number of carbonyl (C=O) groups excluding carboxylic acids is 1. The van der Waals surface area contributed by atoms with Crippen LogP contribution in [0.2, 0.25) is 0 Å². The standard InChI is InChI=1S/C20H30O2/c1-12(2)17-8-7-13(3)11-18(17)22-20(21)19-15(5)9-14(4)10-16(19)6/h9-10,12-13,17-18H,7-8,11H2,1-6H3/t13-,17+,18-/m1/s1. The van der Waals surface area contributed by atoms with E-state index in [0.717, 1.165) is 23.1 Å². The molecular weight excluding hydrogens is 272 g/mol. The van der Waals surface area contributed by atoms with Crippen LogP contribution in [-0.4, -0.2) is 12.1 Å². The Bertz CT molecular complexity index is 522. The van der Waals surface area contributed by atoms with Gasteiger partial charge in [0.1, 0.15) is 6.10 Å². The lowest BCUT2D eigenvalue weighted by Crippen LogP contribution is -2.36. The molecular formula is C20H30O2. The number of esters is 1. The number of carbonyl (C=O) groups is 1. The van der Waals surface area contributed by atoms with Crippen LogP contribution in [0.5, 0.6) is 0 Å². The molecule has 2 heteroatoms. The van der Waals surface area contributed by atoms with Gasteiger partial charge in [0.2, 0.25) is 0 Å². The van der Waals surface area contributed by atoms with E-state index in [1.165, 1.54) is 18.4 Å². The van der Waals surface area contributed by atoms with Gasteiger partial charge in [-0.25, -0.2) is 4.79 Å². The van der Waals surface area contributed by atoms with Crippen LogP contribution in [0.4, 0.5) is 0 Å². The van der Waals surface area contributed by atoms with Crippen molar-refractivity contribution in [2.45, 2.75) is 66.9 Å². The predicted molar refractivity (Wildman–Crippen MR) is 91.2 cm³/mol. The largest absolute Gasteiger partial charge is 0.458 e. The van der Waals surface area contributed by atoms with Crippen LogP contribution in [0, 0.1) is 38.5 Å². The Hall–Kier alpha value is -1.31. The summed E-state index contributed by atoms with van der Waals surface area (Å²) in [6.45, 7) is 12.8. The SMILES string of the molecule is Cc1cc(C)c(C(=O)O[C@@H]2C[C@H](C)CC[C@H]2C(C)C)c(C)c1. The van der Waals surface area contributed by atoms with Crippen molar-refractivity contribution in [1.29, 1.82) is 0 Å². The van der Waals surface area contributed by atoms with Crippen LogP contribution in [-0.2, 0) is 4.74 Å². The highest BCUT2D eigenvalue weighted by Gasteiger charge is 2.34. The maximum atomic E-state index is 12.7. The number of rotatable bonds is 3.